The maximum atomic E-state index is 13.9. The highest BCUT2D eigenvalue weighted by Gasteiger charge is 2.08. The lowest BCUT2D eigenvalue weighted by Crippen LogP contribution is -1.87. The molecule has 0 heterocycles. The molecule has 138 valence electrons. The Kier molecular flexibility index (Phi) is 5.03. The van der Waals surface area contributed by atoms with Crippen LogP contribution < -0.4 is 0 Å². The van der Waals surface area contributed by atoms with Gasteiger partial charge < -0.3 is 0 Å². The third kappa shape index (κ3) is 3.59. The maximum Gasteiger partial charge on any atom is 0.166 e. The number of allylic oxidation sites excluding steroid dienone is 1. The molecule has 0 aliphatic heterocycles. The van der Waals surface area contributed by atoms with Crippen molar-refractivity contribution in [2.75, 3.05) is 0 Å². The first kappa shape index (κ1) is 18.1. The monoisotopic (exact) mass is 370 g/mol. The van der Waals surface area contributed by atoms with E-state index in [2.05, 4.69) is 55.1 Å². The number of aryl methyl sites for hydroxylation is 1. The predicted octanol–water partition coefficient (Wildman–Crippen LogP) is 7.57. The van der Waals surface area contributed by atoms with Crippen molar-refractivity contribution in [1.82, 2.24) is 0 Å². The first-order chi connectivity index (χ1) is 13.7. The van der Waals surface area contributed by atoms with Gasteiger partial charge in [0.25, 0.3) is 0 Å². The second-order valence-electron chi connectivity index (χ2n) is 6.90. The van der Waals surface area contributed by atoms with E-state index in [1.807, 2.05) is 18.2 Å². The Morgan fingerprint density at radius 3 is 1.89 bits per heavy atom. The van der Waals surface area contributed by atoms with Crippen LogP contribution in [0.4, 0.5) is 8.78 Å². The standard InChI is InChI=1S/C26H20F2/c1-2-3-4-18-5-7-19(8-6-18)20-9-11-21(12-10-20)22-13-15-24-23(17-22)14-16-25(27)26(24)28/h2,5-17H,1,3-4H2. The summed E-state index contributed by atoms with van der Waals surface area (Å²) in [6.45, 7) is 3.76. The van der Waals surface area contributed by atoms with Crippen LogP contribution >= 0.6 is 0 Å². The molecule has 4 aromatic carbocycles. The molecule has 0 fully saturated rings. The third-order valence-electron chi connectivity index (χ3n) is 5.05. The Morgan fingerprint density at radius 2 is 1.25 bits per heavy atom. The highest BCUT2D eigenvalue weighted by Crippen LogP contribution is 2.29. The molecule has 4 rings (SSSR count). The van der Waals surface area contributed by atoms with Crippen molar-refractivity contribution in [2.24, 2.45) is 0 Å². The Labute approximate surface area is 163 Å². The zero-order valence-electron chi connectivity index (χ0n) is 15.5. The largest absolute Gasteiger partial charge is 0.204 e. The molecule has 0 bridgehead atoms. The zero-order valence-corrected chi connectivity index (χ0v) is 15.5. The lowest BCUT2D eigenvalue weighted by Gasteiger charge is -2.08. The van der Waals surface area contributed by atoms with E-state index in [0.29, 0.717) is 10.8 Å². The molecule has 0 aliphatic carbocycles. The molecule has 0 saturated carbocycles. The van der Waals surface area contributed by atoms with Crippen LogP contribution in [0.15, 0.2) is 91.5 Å². The lowest BCUT2D eigenvalue weighted by molar-refractivity contribution is 0.517. The minimum Gasteiger partial charge on any atom is -0.204 e. The van der Waals surface area contributed by atoms with Crippen LogP contribution in [0, 0.1) is 11.6 Å². The van der Waals surface area contributed by atoms with Crippen molar-refractivity contribution in [3.8, 4) is 22.3 Å². The summed E-state index contributed by atoms with van der Waals surface area (Å²) in [7, 11) is 0. The molecule has 4 aromatic rings. The summed E-state index contributed by atoms with van der Waals surface area (Å²) < 4.78 is 27.3. The van der Waals surface area contributed by atoms with Crippen molar-refractivity contribution in [2.45, 2.75) is 12.8 Å². The topological polar surface area (TPSA) is 0 Å². The summed E-state index contributed by atoms with van der Waals surface area (Å²) in [6.07, 6.45) is 3.93. The fraction of sp³-hybridized carbons (Fsp3) is 0.0769. The fourth-order valence-corrected chi connectivity index (χ4v) is 3.43. The Hall–Kier alpha value is -3.26. The number of hydrogen-bond acceptors (Lipinski definition) is 0. The Bertz CT molecular complexity index is 1120. The molecule has 0 unspecified atom stereocenters. The summed E-state index contributed by atoms with van der Waals surface area (Å²) in [5, 5.41) is 0.993. The summed E-state index contributed by atoms with van der Waals surface area (Å²) >= 11 is 0. The molecule has 0 aromatic heterocycles. The molecule has 0 spiro atoms. The predicted molar refractivity (Wildman–Crippen MR) is 113 cm³/mol. The zero-order chi connectivity index (χ0) is 19.5. The van der Waals surface area contributed by atoms with Gasteiger partial charge in [0.15, 0.2) is 11.6 Å². The molecular weight excluding hydrogens is 350 g/mol. The summed E-state index contributed by atoms with van der Waals surface area (Å²) in [6, 6.07) is 25.0. The molecule has 28 heavy (non-hydrogen) atoms. The van der Waals surface area contributed by atoms with E-state index in [1.165, 1.54) is 17.2 Å². The first-order valence-corrected chi connectivity index (χ1v) is 9.34. The van der Waals surface area contributed by atoms with E-state index < -0.39 is 11.6 Å². The van der Waals surface area contributed by atoms with E-state index in [1.54, 1.807) is 12.1 Å². The number of benzene rings is 4. The van der Waals surface area contributed by atoms with Gasteiger partial charge in [-0.1, -0.05) is 72.8 Å². The SMILES string of the molecule is C=CCCc1ccc(-c2ccc(-c3ccc4c(F)c(F)ccc4c3)cc2)cc1. The maximum absolute atomic E-state index is 13.9. The van der Waals surface area contributed by atoms with Gasteiger partial charge in [-0.25, -0.2) is 8.78 Å². The Balaban J connectivity index is 1.60. The molecule has 0 saturated heterocycles. The van der Waals surface area contributed by atoms with Gasteiger partial charge >= 0.3 is 0 Å². The van der Waals surface area contributed by atoms with Gasteiger partial charge in [0, 0.05) is 5.39 Å². The molecule has 0 radical (unpaired) electrons. The minimum atomic E-state index is -0.819. The van der Waals surface area contributed by atoms with Gasteiger partial charge in [-0.2, -0.15) is 0 Å². The molecule has 0 aliphatic rings. The fourth-order valence-electron chi connectivity index (χ4n) is 3.43. The first-order valence-electron chi connectivity index (χ1n) is 9.34. The molecule has 0 atom stereocenters. The molecule has 0 amide bonds. The van der Waals surface area contributed by atoms with Crippen LogP contribution in [0.25, 0.3) is 33.0 Å². The van der Waals surface area contributed by atoms with E-state index in [-0.39, 0.29) is 0 Å². The average Bonchev–Trinajstić information content (AvgIpc) is 2.75. The van der Waals surface area contributed by atoms with Gasteiger partial charge in [-0.05, 0) is 58.2 Å². The van der Waals surface area contributed by atoms with Gasteiger partial charge in [-0.3, -0.25) is 0 Å². The molecular formula is C26H20F2. The van der Waals surface area contributed by atoms with Crippen molar-refractivity contribution >= 4 is 10.8 Å². The van der Waals surface area contributed by atoms with Gasteiger partial charge in [-0.15, -0.1) is 6.58 Å². The smallest absolute Gasteiger partial charge is 0.166 e. The van der Waals surface area contributed by atoms with Crippen molar-refractivity contribution in [3.05, 3.63) is 109 Å². The van der Waals surface area contributed by atoms with Crippen LogP contribution in [0.5, 0.6) is 0 Å². The number of hydrogen-bond donors (Lipinski definition) is 0. The van der Waals surface area contributed by atoms with E-state index in [0.717, 1.165) is 29.5 Å². The summed E-state index contributed by atoms with van der Waals surface area (Å²) in [5.74, 6) is -1.61. The van der Waals surface area contributed by atoms with Crippen molar-refractivity contribution in [3.63, 3.8) is 0 Å². The van der Waals surface area contributed by atoms with E-state index >= 15 is 0 Å². The lowest BCUT2D eigenvalue weighted by atomic mass is 9.97. The molecule has 0 nitrogen and oxygen atoms in total. The van der Waals surface area contributed by atoms with Gasteiger partial charge in [0.1, 0.15) is 0 Å². The number of halogens is 2. The quantitative estimate of drug-likeness (QED) is 0.318. The third-order valence-corrected chi connectivity index (χ3v) is 5.05. The van der Waals surface area contributed by atoms with Gasteiger partial charge in [0.2, 0.25) is 0 Å². The van der Waals surface area contributed by atoms with E-state index in [4.69, 9.17) is 0 Å². The van der Waals surface area contributed by atoms with Gasteiger partial charge in [0.05, 0.1) is 0 Å². The van der Waals surface area contributed by atoms with Crippen molar-refractivity contribution in [1.29, 1.82) is 0 Å². The van der Waals surface area contributed by atoms with E-state index in [9.17, 15) is 8.78 Å². The number of rotatable bonds is 5. The highest BCUT2D eigenvalue weighted by atomic mass is 19.2. The number of fused-ring (bicyclic) bond motifs is 1. The van der Waals surface area contributed by atoms with Crippen LogP contribution in [0.3, 0.4) is 0 Å². The summed E-state index contributed by atoms with van der Waals surface area (Å²) in [5.41, 5.74) is 5.64. The Morgan fingerprint density at radius 1 is 0.679 bits per heavy atom. The second-order valence-corrected chi connectivity index (χ2v) is 6.90. The second kappa shape index (κ2) is 7.77. The van der Waals surface area contributed by atoms with Crippen molar-refractivity contribution < 1.29 is 8.78 Å². The highest BCUT2D eigenvalue weighted by molar-refractivity contribution is 5.88. The summed E-state index contributed by atoms with van der Waals surface area (Å²) in [4.78, 5) is 0. The van der Waals surface area contributed by atoms with Crippen LogP contribution in [0.1, 0.15) is 12.0 Å². The molecule has 2 heteroatoms. The van der Waals surface area contributed by atoms with Crippen LogP contribution in [-0.4, -0.2) is 0 Å². The average molecular weight is 370 g/mol. The normalized spacial score (nSPS) is 10.9. The molecule has 0 N–H and O–H groups in total. The minimum absolute atomic E-state index is 0.303. The van der Waals surface area contributed by atoms with Crippen LogP contribution in [0.2, 0.25) is 0 Å². The van der Waals surface area contributed by atoms with Crippen LogP contribution in [-0.2, 0) is 6.42 Å².